The lowest BCUT2D eigenvalue weighted by Crippen LogP contribution is -2.39. The topological polar surface area (TPSA) is 71.2 Å². The molecule has 0 aliphatic heterocycles. The van der Waals surface area contributed by atoms with Crippen molar-refractivity contribution < 1.29 is 4.79 Å². The zero-order chi connectivity index (χ0) is 14.6. The third kappa shape index (κ3) is 4.21. The van der Waals surface area contributed by atoms with Crippen molar-refractivity contribution >= 4 is 11.7 Å². The molecule has 3 N–H and O–H groups in total. The molecule has 1 rings (SSSR count). The molecular formula is C14H24N4O. The minimum absolute atomic E-state index is 0.0192. The predicted octanol–water partition coefficient (Wildman–Crippen LogP) is 2.18. The van der Waals surface area contributed by atoms with Crippen LogP contribution >= 0.6 is 0 Å². The predicted molar refractivity (Wildman–Crippen MR) is 77.8 cm³/mol. The van der Waals surface area contributed by atoms with Crippen LogP contribution in [0.5, 0.6) is 0 Å². The van der Waals surface area contributed by atoms with Gasteiger partial charge in [-0.3, -0.25) is 4.79 Å². The summed E-state index contributed by atoms with van der Waals surface area (Å²) in [6, 6.07) is 3.64. The molecule has 0 fully saturated rings. The molecule has 1 aromatic rings. The number of nitrogens with two attached hydrogens (primary N) is 1. The molecule has 106 valence electrons. The zero-order valence-corrected chi connectivity index (χ0v) is 12.4. The van der Waals surface area contributed by atoms with E-state index in [1.54, 1.807) is 12.1 Å². The zero-order valence-electron chi connectivity index (χ0n) is 12.4. The van der Waals surface area contributed by atoms with Crippen LogP contribution in [0.3, 0.4) is 0 Å². The van der Waals surface area contributed by atoms with Crippen LogP contribution in [0.4, 0.5) is 5.82 Å². The van der Waals surface area contributed by atoms with Crippen LogP contribution in [0.25, 0.3) is 0 Å². The highest BCUT2D eigenvalue weighted by Crippen LogP contribution is 2.15. The summed E-state index contributed by atoms with van der Waals surface area (Å²) in [6.45, 7) is 10.8. The van der Waals surface area contributed by atoms with E-state index in [1.165, 1.54) is 0 Å². The van der Waals surface area contributed by atoms with Gasteiger partial charge in [0.1, 0.15) is 5.82 Å². The molecule has 0 radical (unpaired) electrons. The van der Waals surface area contributed by atoms with Crippen molar-refractivity contribution in [3.05, 3.63) is 23.4 Å². The minimum Gasteiger partial charge on any atom is -0.336 e. The van der Waals surface area contributed by atoms with E-state index in [1.807, 2.05) is 25.7 Å². The molecule has 1 aromatic heterocycles. The lowest BCUT2D eigenvalue weighted by molar-refractivity contribution is 0.0682. The average molecular weight is 264 g/mol. The van der Waals surface area contributed by atoms with E-state index >= 15 is 0 Å². The van der Waals surface area contributed by atoms with E-state index in [0.29, 0.717) is 17.3 Å². The molecule has 0 aliphatic rings. The van der Waals surface area contributed by atoms with Gasteiger partial charge in [0.2, 0.25) is 0 Å². The molecule has 0 saturated heterocycles. The number of nitrogens with zero attached hydrogens (tertiary/aromatic N) is 2. The van der Waals surface area contributed by atoms with Crippen molar-refractivity contribution in [1.82, 2.24) is 9.88 Å². The number of hydrogen-bond acceptors (Lipinski definition) is 4. The normalized spacial score (nSPS) is 10.9. The Hall–Kier alpha value is -1.62. The van der Waals surface area contributed by atoms with Gasteiger partial charge in [-0.05, 0) is 38.8 Å². The summed E-state index contributed by atoms with van der Waals surface area (Å²) < 4.78 is 0. The summed E-state index contributed by atoms with van der Waals surface area (Å²) in [5, 5.41) is 0. The second-order valence-corrected chi connectivity index (χ2v) is 5.47. The molecule has 5 nitrogen and oxygen atoms in total. The van der Waals surface area contributed by atoms with Crippen molar-refractivity contribution in [2.75, 3.05) is 12.0 Å². The number of amides is 1. The Labute approximate surface area is 115 Å². The number of pyridine rings is 1. The van der Waals surface area contributed by atoms with E-state index in [-0.39, 0.29) is 11.9 Å². The van der Waals surface area contributed by atoms with Crippen molar-refractivity contribution in [2.24, 2.45) is 11.8 Å². The molecule has 0 saturated carbocycles. The number of hydrazine groups is 1. The van der Waals surface area contributed by atoms with E-state index in [2.05, 4.69) is 24.3 Å². The van der Waals surface area contributed by atoms with E-state index in [9.17, 15) is 4.79 Å². The Morgan fingerprint density at radius 2 is 2.00 bits per heavy atom. The molecule has 0 bridgehead atoms. The number of anilines is 1. The largest absolute Gasteiger partial charge is 0.336 e. The molecule has 0 unspecified atom stereocenters. The van der Waals surface area contributed by atoms with Gasteiger partial charge in [0.05, 0.1) is 0 Å². The number of aryl methyl sites for hydroxylation is 1. The Balaban J connectivity index is 3.05. The third-order valence-corrected chi connectivity index (χ3v) is 2.79. The molecule has 5 heteroatoms. The first kappa shape index (κ1) is 15.4. The van der Waals surface area contributed by atoms with Crippen LogP contribution in [-0.2, 0) is 0 Å². The van der Waals surface area contributed by atoms with Gasteiger partial charge in [0, 0.05) is 23.8 Å². The van der Waals surface area contributed by atoms with Gasteiger partial charge in [0.15, 0.2) is 0 Å². The van der Waals surface area contributed by atoms with Gasteiger partial charge in [-0.1, -0.05) is 13.8 Å². The van der Waals surface area contributed by atoms with Crippen LogP contribution in [0.2, 0.25) is 0 Å². The Bertz CT molecular complexity index is 443. The standard InChI is InChI=1S/C14H24N4O/c1-9(2)8-18(10(3)4)14(19)12-6-11(5)16-13(7-12)17-15/h6-7,9-10H,8,15H2,1-5H3,(H,16,17). The van der Waals surface area contributed by atoms with Gasteiger partial charge in [-0.25, -0.2) is 10.8 Å². The molecule has 0 atom stereocenters. The molecule has 19 heavy (non-hydrogen) atoms. The van der Waals surface area contributed by atoms with E-state index in [4.69, 9.17) is 5.84 Å². The van der Waals surface area contributed by atoms with Gasteiger partial charge in [-0.2, -0.15) is 0 Å². The first-order chi connectivity index (χ1) is 8.85. The Morgan fingerprint density at radius 3 is 2.47 bits per heavy atom. The summed E-state index contributed by atoms with van der Waals surface area (Å²) in [6.07, 6.45) is 0. The fraction of sp³-hybridized carbons (Fsp3) is 0.571. The second kappa shape index (κ2) is 6.52. The molecular weight excluding hydrogens is 240 g/mol. The second-order valence-electron chi connectivity index (χ2n) is 5.47. The van der Waals surface area contributed by atoms with Crippen LogP contribution in [-0.4, -0.2) is 28.4 Å². The van der Waals surface area contributed by atoms with Crippen molar-refractivity contribution in [3.63, 3.8) is 0 Å². The van der Waals surface area contributed by atoms with Crippen LogP contribution < -0.4 is 11.3 Å². The average Bonchev–Trinajstić information content (AvgIpc) is 2.33. The third-order valence-electron chi connectivity index (χ3n) is 2.79. The number of hydrogen-bond donors (Lipinski definition) is 2. The maximum Gasteiger partial charge on any atom is 0.254 e. The Morgan fingerprint density at radius 1 is 1.37 bits per heavy atom. The fourth-order valence-corrected chi connectivity index (χ4v) is 1.95. The highest BCUT2D eigenvalue weighted by atomic mass is 16.2. The van der Waals surface area contributed by atoms with Gasteiger partial charge >= 0.3 is 0 Å². The van der Waals surface area contributed by atoms with Crippen LogP contribution in [0.1, 0.15) is 43.7 Å². The van der Waals surface area contributed by atoms with Gasteiger partial charge in [0.25, 0.3) is 5.91 Å². The molecule has 0 aliphatic carbocycles. The number of aromatic nitrogens is 1. The first-order valence-electron chi connectivity index (χ1n) is 6.61. The summed E-state index contributed by atoms with van der Waals surface area (Å²) in [7, 11) is 0. The van der Waals surface area contributed by atoms with Gasteiger partial charge < -0.3 is 10.3 Å². The fourth-order valence-electron chi connectivity index (χ4n) is 1.95. The first-order valence-corrected chi connectivity index (χ1v) is 6.61. The van der Waals surface area contributed by atoms with Crippen molar-refractivity contribution in [2.45, 2.75) is 40.7 Å². The molecule has 1 heterocycles. The summed E-state index contributed by atoms with van der Waals surface area (Å²) in [5.41, 5.74) is 3.88. The highest BCUT2D eigenvalue weighted by molar-refractivity contribution is 5.95. The van der Waals surface area contributed by atoms with E-state index in [0.717, 1.165) is 12.2 Å². The summed E-state index contributed by atoms with van der Waals surface area (Å²) >= 11 is 0. The molecule has 0 spiro atoms. The van der Waals surface area contributed by atoms with E-state index < -0.39 is 0 Å². The van der Waals surface area contributed by atoms with Crippen LogP contribution in [0, 0.1) is 12.8 Å². The minimum atomic E-state index is 0.0192. The number of nitrogens with one attached hydrogen (secondary N) is 1. The lowest BCUT2D eigenvalue weighted by atomic mass is 10.1. The van der Waals surface area contributed by atoms with Crippen LogP contribution in [0.15, 0.2) is 12.1 Å². The Kier molecular flexibility index (Phi) is 5.30. The molecule has 1 amide bonds. The highest BCUT2D eigenvalue weighted by Gasteiger charge is 2.20. The summed E-state index contributed by atoms with van der Waals surface area (Å²) in [5.74, 6) is 6.33. The smallest absolute Gasteiger partial charge is 0.254 e. The van der Waals surface area contributed by atoms with Crippen molar-refractivity contribution in [3.8, 4) is 0 Å². The monoisotopic (exact) mass is 264 g/mol. The molecule has 0 aromatic carbocycles. The number of rotatable bonds is 5. The number of nitrogen functional groups attached to an aromatic ring is 1. The maximum absolute atomic E-state index is 12.6. The van der Waals surface area contributed by atoms with Crippen molar-refractivity contribution in [1.29, 1.82) is 0 Å². The number of carbonyl (C=O) groups excluding carboxylic acids is 1. The quantitative estimate of drug-likeness (QED) is 0.631. The van der Waals surface area contributed by atoms with Gasteiger partial charge in [-0.15, -0.1) is 0 Å². The maximum atomic E-state index is 12.6. The number of carbonyl (C=O) groups is 1. The SMILES string of the molecule is Cc1cc(C(=O)N(CC(C)C)C(C)C)cc(NN)n1. The summed E-state index contributed by atoms with van der Waals surface area (Å²) in [4.78, 5) is 18.6. The lowest BCUT2D eigenvalue weighted by Gasteiger charge is -2.28.